The van der Waals surface area contributed by atoms with Crippen LogP contribution >= 0.6 is 0 Å². The highest BCUT2D eigenvalue weighted by Crippen LogP contribution is 2.47. The molecule has 0 aliphatic heterocycles. The van der Waals surface area contributed by atoms with Gasteiger partial charge in [-0.2, -0.15) is 0 Å². The molecule has 1 N–H and O–H groups in total. The van der Waals surface area contributed by atoms with Crippen molar-refractivity contribution < 1.29 is 33.7 Å². The summed E-state index contributed by atoms with van der Waals surface area (Å²) in [7, 11) is 1.53. The van der Waals surface area contributed by atoms with Crippen molar-refractivity contribution in [3.8, 4) is 5.75 Å². The molecule has 192 valence electrons. The molecule has 0 radical (unpaired) electrons. The summed E-state index contributed by atoms with van der Waals surface area (Å²) in [5.41, 5.74) is 0.344. The first-order valence-electron chi connectivity index (χ1n) is 12.1. The van der Waals surface area contributed by atoms with Crippen LogP contribution in [0.25, 0.3) is 0 Å². The summed E-state index contributed by atoms with van der Waals surface area (Å²) in [6, 6.07) is 25.0. The van der Waals surface area contributed by atoms with Crippen molar-refractivity contribution in [3.05, 3.63) is 102 Å². The molecular weight excluding hydrogens is 472 g/mol. The minimum atomic E-state index is -1.73. The Hall–Kier alpha value is -3.97. The first-order chi connectivity index (χ1) is 17.8. The van der Waals surface area contributed by atoms with E-state index in [9.17, 15) is 19.5 Å². The molecule has 1 aliphatic rings. The molecule has 4 rings (SSSR count). The van der Waals surface area contributed by atoms with Gasteiger partial charge in [0.15, 0.2) is 5.78 Å². The minimum absolute atomic E-state index is 0.00134. The number of carbonyl (C=O) groups is 3. The molecule has 0 bridgehead atoms. The molecule has 4 atom stereocenters. The highest BCUT2D eigenvalue weighted by atomic mass is 16.5. The van der Waals surface area contributed by atoms with Crippen LogP contribution in [-0.4, -0.2) is 35.5 Å². The predicted octanol–water partition coefficient (Wildman–Crippen LogP) is 4.22. The van der Waals surface area contributed by atoms with Crippen LogP contribution in [0.3, 0.4) is 0 Å². The van der Waals surface area contributed by atoms with Crippen LogP contribution < -0.4 is 4.74 Å². The summed E-state index contributed by atoms with van der Waals surface area (Å²) in [4.78, 5) is 40.1. The van der Waals surface area contributed by atoms with Crippen molar-refractivity contribution in [2.75, 3.05) is 7.11 Å². The first kappa shape index (κ1) is 26.1. The zero-order valence-corrected chi connectivity index (χ0v) is 20.8. The highest BCUT2D eigenvalue weighted by Gasteiger charge is 2.57. The van der Waals surface area contributed by atoms with Crippen molar-refractivity contribution in [1.82, 2.24) is 0 Å². The van der Waals surface area contributed by atoms with E-state index in [2.05, 4.69) is 0 Å². The standard InChI is InChI=1S/C30H30O7/c1-30(34)17-24(31)26(28(32)36-18-20-9-5-3-6-10-20)25(22-13-15-23(35-2)16-14-22)27(30)29(33)37-19-21-11-7-4-8-12-21/h3-16,25-27,34H,17-19H2,1-2H3/t25-,26-,27+,30-/m0/s1. The van der Waals surface area contributed by atoms with Crippen LogP contribution in [-0.2, 0) is 37.1 Å². The van der Waals surface area contributed by atoms with Gasteiger partial charge in [-0.15, -0.1) is 0 Å². The fourth-order valence-corrected chi connectivity index (χ4v) is 4.88. The third-order valence-corrected chi connectivity index (χ3v) is 6.72. The van der Waals surface area contributed by atoms with Crippen molar-refractivity contribution in [1.29, 1.82) is 0 Å². The van der Waals surface area contributed by atoms with E-state index in [1.807, 2.05) is 60.7 Å². The molecule has 7 nitrogen and oxygen atoms in total. The molecule has 0 aromatic heterocycles. The molecule has 0 spiro atoms. The molecule has 0 amide bonds. The SMILES string of the molecule is COc1ccc([C@H]2[C@@H](C(=O)OCc3ccccc3)C(=O)C[C@](C)(O)[C@H]2C(=O)OCc2ccccc2)cc1. The number of Topliss-reactive ketones (excluding diaryl/α,β-unsaturated/α-hetero) is 1. The van der Waals surface area contributed by atoms with Crippen LogP contribution in [0, 0.1) is 11.8 Å². The monoisotopic (exact) mass is 502 g/mol. The average Bonchev–Trinajstić information content (AvgIpc) is 2.90. The second-order valence-corrected chi connectivity index (χ2v) is 9.44. The maximum Gasteiger partial charge on any atom is 0.317 e. The van der Waals surface area contributed by atoms with Gasteiger partial charge in [-0.1, -0.05) is 72.8 Å². The lowest BCUT2D eigenvalue weighted by molar-refractivity contribution is -0.174. The number of ether oxygens (including phenoxy) is 3. The number of ketones is 1. The van der Waals surface area contributed by atoms with Gasteiger partial charge in [0.05, 0.1) is 18.6 Å². The second kappa shape index (κ2) is 11.4. The molecule has 3 aromatic carbocycles. The fourth-order valence-electron chi connectivity index (χ4n) is 4.88. The Morgan fingerprint density at radius 1 is 0.838 bits per heavy atom. The molecule has 37 heavy (non-hydrogen) atoms. The van der Waals surface area contributed by atoms with E-state index in [0.717, 1.165) is 11.1 Å². The maximum absolute atomic E-state index is 13.5. The van der Waals surface area contributed by atoms with Crippen molar-refractivity contribution in [2.45, 2.75) is 38.1 Å². The number of esters is 2. The van der Waals surface area contributed by atoms with Crippen LogP contribution in [0.5, 0.6) is 5.75 Å². The van der Waals surface area contributed by atoms with Gasteiger partial charge in [-0.3, -0.25) is 14.4 Å². The average molecular weight is 503 g/mol. The third-order valence-electron chi connectivity index (χ3n) is 6.72. The summed E-state index contributed by atoms with van der Waals surface area (Å²) < 4.78 is 16.4. The lowest BCUT2D eigenvalue weighted by Crippen LogP contribution is -2.55. The first-order valence-corrected chi connectivity index (χ1v) is 12.1. The van der Waals surface area contributed by atoms with E-state index < -0.39 is 41.1 Å². The number of hydrogen-bond acceptors (Lipinski definition) is 7. The minimum Gasteiger partial charge on any atom is -0.497 e. The Morgan fingerprint density at radius 2 is 1.35 bits per heavy atom. The van der Waals surface area contributed by atoms with E-state index in [4.69, 9.17) is 14.2 Å². The number of hydrogen-bond donors (Lipinski definition) is 1. The highest BCUT2D eigenvalue weighted by molar-refractivity contribution is 6.02. The molecule has 0 unspecified atom stereocenters. The molecule has 1 fully saturated rings. The molecule has 7 heteroatoms. The molecule has 0 saturated heterocycles. The Balaban J connectivity index is 1.67. The quantitative estimate of drug-likeness (QED) is 0.364. The fraction of sp³-hybridized carbons (Fsp3) is 0.300. The third kappa shape index (κ3) is 6.06. The Kier molecular flexibility index (Phi) is 8.04. The normalized spacial score (nSPS) is 23.2. The van der Waals surface area contributed by atoms with Crippen LogP contribution in [0.1, 0.15) is 36.0 Å². The zero-order valence-electron chi connectivity index (χ0n) is 20.8. The van der Waals surface area contributed by atoms with E-state index in [1.165, 1.54) is 14.0 Å². The zero-order chi connectivity index (χ0) is 26.4. The van der Waals surface area contributed by atoms with Gasteiger partial charge in [0.1, 0.15) is 24.9 Å². The molecular formula is C30H30O7. The van der Waals surface area contributed by atoms with Crippen LogP contribution in [0.4, 0.5) is 0 Å². The largest absolute Gasteiger partial charge is 0.497 e. The number of carbonyl (C=O) groups excluding carboxylic acids is 3. The Bertz CT molecular complexity index is 1220. The number of rotatable bonds is 8. The summed E-state index contributed by atoms with van der Waals surface area (Å²) in [5, 5.41) is 11.3. The number of benzene rings is 3. The lowest BCUT2D eigenvalue weighted by atomic mass is 9.61. The summed E-state index contributed by atoms with van der Waals surface area (Å²) in [5.74, 6) is -4.81. The second-order valence-electron chi connectivity index (χ2n) is 9.44. The topological polar surface area (TPSA) is 99.1 Å². The Labute approximate surface area is 216 Å². The molecule has 0 heterocycles. The molecule has 1 aliphatic carbocycles. The van der Waals surface area contributed by atoms with E-state index in [1.54, 1.807) is 24.3 Å². The van der Waals surface area contributed by atoms with E-state index in [0.29, 0.717) is 11.3 Å². The van der Waals surface area contributed by atoms with Crippen LogP contribution in [0.15, 0.2) is 84.9 Å². The predicted molar refractivity (Wildman–Crippen MR) is 135 cm³/mol. The van der Waals surface area contributed by atoms with Gasteiger partial charge in [0.25, 0.3) is 0 Å². The van der Waals surface area contributed by atoms with Crippen molar-refractivity contribution in [3.63, 3.8) is 0 Å². The van der Waals surface area contributed by atoms with E-state index >= 15 is 0 Å². The van der Waals surface area contributed by atoms with Crippen molar-refractivity contribution >= 4 is 17.7 Å². The van der Waals surface area contributed by atoms with Crippen LogP contribution in [0.2, 0.25) is 0 Å². The van der Waals surface area contributed by atoms with Gasteiger partial charge in [0, 0.05) is 12.3 Å². The van der Waals surface area contributed by atoms with E-state index in [-0.39, 0.29) is 19.6 Å². The maximum atomic E-state index is 13.5. The number of methoxy groups -OCH3 is 1. The van der Waals surface area contributed by atoms with Gasteiger partial charge < -0.3 is 19.3 Å². The summed E-state index contributed by atoms with van der Waals surface area (Å²) in [6.07, 6.45) is -0.379. The van der Waals surface area contributed by atoms with Crippen molar-refractivity contribution in [2.24, 2.45) is 11.8 Å². The van der Waals surface area contributed by atoms with Gasteiger partial charge in [-0.25, -0.2) is 0 Å². The lowest BCUT2D eigenvalue weighted by Gasteiger charge is -2.43. The summed E-state index contributed by atoms with van der Waals surface area (Å²) >= 11 is 0. The van der Waals surface area contributed by atoms with Gasteiger partial charge >= 0.3 is 11.9 Å². The molecule has 3 aromatic rings. The van der Waals surface area contributed by atoms with Gasteiger partial charge in [0.2, 0.25) is 0 Å². The van der Waals surface area contributed by atoms with Gasteiger partial charge in [-0.05, 0) is 35.7 Å². The molecule has 1 saturated carbocycles. The Morgan fingerprint density at radius 3 is 1.86 bits per heavy atom. The smallest absolute Gasteiger partial charge is 0.317 e. The number of aliphatic hydroxyl groups is 1. The summed E-state index contributed by atoms with van der Waals surface area (Å²) in [6.45, 7) is 1.42.